The minimum atomic E-state index is 0.0305. The van der Waals surface area contributed by atoms with Crippen LogP contribution in [-0.4, -0.2) is 35.0 Å². The average molecular weight is 356 g/mol. The van der Waals surface area contributed by atoms with E-state index in [0.29, 0.717) is 24.1 Å². The number of piperidine rings is 1. The van der Waals surface area contributed by atoms with E-state index < -0.39 is 0 Å². The molecule has 1 saturated heterocycles. The topological polar surface area (TPSA) is 71.3 Å². The lowest BCUT2D eigenvalue weighted by Crippen LogP contribution is -2.45. The lowest BCUT2D eigenvalue weighted by Gasteiger charge is -2.33. The van der Waals surface area contributed by atoms with Crippen LogP contribution in [0.2, 0.25) is 0 Å². The first-order chi connectivity index (χ1) is 12.5. The molecule has 2 aliphatic rings. The molecule has 1 atom stereocenters. The van der Waals surface area contributed by atoms with E-state index in [1.807, 2.05) is 13.8 Å². The van der Waals surface area contributed by atoms with Crippen LogP contribution in [0, 0.1) is 26.7 Å². The smallest absolute Gasteiger partial charge is 0.231 e. The van der Waals surface area contributed by atoms with Gasteiger partial charge in [-0.15, -0.1) is 0 Å². The molecule has 26 heavy (non-hydrogen) atoms. The molecule has 0 radical (unpaired) electrons. The number of carbonyl (C=O) groups excluding carboxylic acids is 1. The molecular formula is C20H28N4O2. The third kappa shape index (κ3) is 3.17. The Hall–Kier alpha value is -2.11. The molecule has 1 saturated carbocycles. The maximum atomic E-state index is 12.7. The number of rotatable bonds is 3. The summed E-state index contributed by atoms with van der Waals surface area (Å²) < 4.78 is 5.82. The van der Waals surface area contributed by atoms with Gasteiger partial charge >= 0.3 is 0 Å². The summed E-state index contributed by atoms with van der Waals surface area (Å²) in [4.78, 5) is 24.2. The van der Waals surface area contributed by atoms with Crippen molar-refractivity contribution in [2.45, 2.75) is 65.3 Å². The summed E-state index contributed by atoms with van der Waals surface area (Å²) in [6, 6.07) is 0.379. The van der Waals surface area contributed by atoms with Crippen LogP contribution >= 0.6 is 0 Å². The summed E-state index contributed by atoms with van der Waals surface area (Å²) in [6.07, 6.45) is 6.68. The monoisotopic (exact) mass is 356 g/mol. The molecule has 1 aliphatic carbocycles. The summed E-state index contributed by atoms with van der Waals surface area (Å²) >= 11 is 0. The average Bonchev–Trinajstić information content (AvgIpc) is 3.23. The predicted octanol–water partition coefficient (Wildman–Crippen LogP) is 3.42. The van der Waals surface area contributed by atoms with Gasteiger partial charge < -0.3 is 14.6 Å². The number of hydrogen-bond donors (Lipinski definition) is 1. The first-order valence-electron chi connectivity index (χ1n) is 9.82. The second-order valence-electron chi connectivity index (χ2n) is 7.83. The third-order valence-corrected chi connectivity index (χ3v) is 5.91. The molecule has 2 fully saturated rings. The van der Waals surface area contributed by atoms with Crippen molar-refractivity contribution in [1.29, 1.82) is 0 Å². The Morgan fingerprint density at radius 2 is 1.88 bits per heavy atom. The molecular weight excluding hydrogens is 328 g/mol. The quantitative estimate of drug-likeness (QED) is 0.912. The van der Waals surface area contributed by atoms with Gasteiger partial charge in [0.1, 0.15) is 17.4 Å². The first kappa shape index (κ1) is 17.3. The Bertz CT molecular complexity index is 823. The minimum Gasteiger partial charge on any atom is -0.443 e. The Morgan fingerprint density at radius 3 is 2.65 bits per heavy atom. The molecule has 0 bridgehead atoms. The van der Waals surface area contributed by atoms with Gasteiger partial charge in [-0.25, -0.2) is 4.98 Å². The van der Waals surface area contributed by atoms with Crippen molar-refractivity contribution in [2.24, 2.45) is 5.92 Å². The fraction of sp³-hybridized carbons (Fsp3) is 0.650. The van der Waals surface area contributed by atoms with Gasteiger partial charge in [-0.1, -0.05) is 12.8 Å². The van der Waals surface area contributed by atoms with Crippen LogP contribution in [-0.2, 0) is 4.79 Å². The van der Waals surface area contributed by atoms with Crippen molar-refractivity contribution in [1.82, 2.24) is 15.3 Å². The number of carbonyl (C=O) groups is 1. The highest BCUT2D eigenvalue weighted by Crippen LogP contribution is 2.33. The maximum absolute atomic E-state index is 12.7. The molecule has 4 rings (SSSR count). The van der Waals surface area contributed by atoms with Crippen LogP contribution in [0.5, 0.6) is 0 Å². The van der Waals surface area contributed by atoms with Gasteiger partial charge in [0.25, 0.3) is 0 Å². The molecule has 2 aromatic heterocycles. The van der Waals surface area contributed by atoms with Gasteiger partial charge in [0.2, 0.25) is 11.6 Å². The minimum absolute atomic E-state index is 0.0305. The number of fused-ring (bicyclic) bond motifs is 1. The number of hydrogen-bond acceptors (Lipinski definition) is 5. The number of amides is 1. The number of aryl methyl sites for hydroxylation is 3. The van der Waals surface area contributed by atoms with Crippen LogP contribution in [0.15, 0.2) is 4.42 Å². The van der Waals surface area contributed by atoms with Crippen LogP contribution in [0.1, 0.15) is 55.7 Å². The summed E-state index contributed by atoms with van der Waals surface area (Å²) in [5.41, 5.74) is 1.74. The number of aromatic nitrogens is 2. The predicted molar refractivity (Wildman–Crippen MR) is 101 cm³/mol. The van der Waals surface area contributed by atoms with E-state index in [-0.39, 0.29) is 11.8 Å². The largest absolute Gasteiger partial charge is 0.443 e. The van der Waals surface area contributed by atoms with Crippen molar-refractivity contribution in [3.8, 4) is 0 Å². The zero-order chi connectivity index (χ0) is 18.3. The summed E-state index contributed by atoms with van der Waals surface area (Å²) in [5.74, 6) is 2.75. The van der Waals surface area contributed by atoms with Crippen molar-refractivity contribution in [3.05, 3.63) is 17.1 Å². The Morgan fingerprint density at radius 1 is 1.12 bits per heavy atom. The zero-order valence-corrected chi connectivity index (χ0v) is 16.0. The van der Waals surface area contributed by atoms with Crippen LogP contribution < -0.4 is 10.2 Å². The molecule has 140 valence electrons. The summed E-state index contributed by atoms with van der Waals surface area (Å²) in [7, 11) is 0. The van der Waals surface area contributed by atoms with Gasteiger partial charge in [0.05, 0.1) is 11.3 Å². The normalized spacial score (nSPS) is 21.5. The molecule has 2 aromatic rings. The molecule has 6 heteroatoms. The van der Waals surface area contributed by atoms with E-state index >= 15 is 0 Å². The molecule has 0 unspecified atom stereocenters. The zero-order valence-electron chi connectivity index (χ0n) is 16.0. The SMILES string of the molecule is Cc1nc(N2CCC[C@H](C(=O)NC3CCCC3)C2)c2c(C)c(C)oc2n1. The highest BCUT2D eigenvalue weighted by atomic mass is 16.3. The fourth-order valence-corrected chi connectivity index (χ4v) is 4.33. The highest BCUT2D eigenvalue weighted by Gasteiger charge is 2.30. The molecule has 3 heterocycles. The molecule has 0 spiro atoms. The van der Waals surface area contributed by atoms with E-state index in [0.717, 1.165) is 54.8 Å². The van der Waals surface area contributed by atoms with Crippen molar-refractivity contribution in [3.63, 3.8) is 0 Å². The van der Waals surface area contributed by atoms with Crippen LogP contribution in [0.25, 0.3) is 11.1 Å². The Kier molecular flexibility index (Phi) is 4.59. The lowest BCUT2D eigenvalue weighted by molar-refractivity contribution is -0.125. The first-order valence-corrected chi connectivity index (χ1v) is 9.82. The van der Waals surface area contributed by atoms with Crippen molar-refractivity contribution < 1.29 is 9.21 Å². The van der Waals surface area contributed by atoms with Gasteiger partial charge in [-0.3, -0.25) is 4.79 Å². The van der Waals surface area contributed by atoms with E-state index in [1.165, 1.54) is 12.8 Å². The summed E-state index contributed by atoms with van der Waals surface area (Å²) in [5, 5.41) is 4.26. The van der Waals surface area contributed by atoms with Crippen molar-refractivity contribution >= 4 is 22.8 Å². The lowest BCUT2D eigenvalue weighted by atomic mass is 9.96. The molecule has 1 aliphatic heterocycles. The van der Waals surface area contributed by atoms with E-state index in [9.17, 15) is 4.79 Å². The fourth-order valence-electron chi connectivity index (χ4n) is 4.33. The third-order valence-electron chi connectivity index (χ3n) is 5.91. The number of nitrogens with zero attached hydrogens (tertiary/aromatic N) is 3. The van der Waals surface area contributed by atoms with Gasteiger partial charge in [-0.05, 0) is 46.5 Å². The molecule has 6 nitrogen and oxygen atoms in total. The maximum Gasteiger partial charge on any atom is 0.231 e. The van der Waals surface area contributed by atoms with E-state index in [1.54, 1.807) is 0 Å². The Labute approximate surface area is 154 Å². The number of anilines is 1. The van der Waals surface area contributed by atoms with E-state index in [2.05, 4.69) is 22.1 Å². The molecule has 0 aromatic carbocycles. The van der Waals surface area contributed by atoms with Crippen molar-refractivity contribution in [2.75, 3.05) is 18.0 Å². The molecule has 1 amide bonds. The summed E-state index contributed by atoms with van der Waals surface area (Å²) in [6.45, 7) is 7.54. The van der Waals surface area contributed by atoms with Gasteiger partial charge in [0.15, 0.2) is 0 Å². The van der Waals surface area contributed by atoms with E-state index in [4.69, 9.17) is 9.40 Å². The van der Waals surface area contributed by atoms with Crippen LogP contribution in [0.4, 0.5) is 5.82 Å². The van der Waals surface area contributed by atoms with Gasteiger partial charge in [0, 0.05) is 24.7 Å². The second-order valence-corrected chi connectivity index (χ2v) is 7.83. The second kappa shape index (κ2) is 6.89. The standard InChI is InChI=1S/C20H28N4O2/c1-12-13(2)26-20-17(12)18(21-14(3)22-20)24-10-6-7-15(11-24)19(25)23-16-8-4-5-9-16/h15-16H,4-11H2,1-3H3,(H,23,25)/t15-/m0/s1. The van der Waals surface area contributed by atoms with Gasteiger partial charge in [-0.2, -0.15) is 4.98 Å². The highest BCUT2D eigenvalue weighted by molar-refractivity contribution is 5.90. The number of nitrogens with one attached hydrogen (secondary N) is 1. The Balaban J connectivity index is 1.58. The number of furan rings is 1. The molecule has 1 N–H and O–H groups in total. The van der Waals surface area contributed by atoms with Crippen LogP contribution in [0.3, 0.4) is 0 Å².